The molecule has 1 aliphatic rings. The largest absolute Gasteiger partial charge is 0.368 e. The van der Waals surface area contributed by atoms with Crippen LogP contribution in [-0.4, -0.2) is 62.3 Å². The first-order valence-corrected chi connectivity index (χ1v) is 10.8. The molecule has 1 aliphatic heterocycles. The van der Waals surface area contributed by atoms with Gasteiger partial charge in [-0.2, -0.15) is 0 Å². The van der Waals surface area contributed by atoms with Gasteiger partial charge in [-0.05, 0) is 18.6 Å². The molecule has 0 spiro atoms. The Morgan fingerprint density at radius 1 is 1.14 bits per heavy atom. The molecule has 1 aromatic carbocycles. The van der Waals surface area contributed by atoms with Gasteiger partial charge in [-0.15, -0.1) is 10.2 Å². The predicted octanol–water partition coefficient (Wildman–Crippen LogP) is 1.81. The molecule has 1 saturated heterocycles. The number of piperazine rings is 1. The summed E-state index contributed by atoms with van der Waals surface area (Å²) in [5, 5.41) is 8.87. The Kier molecular flexibility index (Phi) is 5.84. The second-order valence-electron chi connectivity index (χ2n) is 7.01. The number of thioether (sulfide) groups is 1. The van der Waals surface area contributed by atoms with E-state index in [1.54, 1.807) is 6.07 Å². The van der Waals surface area contributed by atoms with Crippen molar-refractivity contribution in [2.45, 2.75) is 24.9 Å². The summed E-state index contributed by atoms with van der Waals surface area (Å²) >= 11 is 1.36. The number of para-hydroxylation sites is 1. The third-order valence-corrected chi connectivity index (χ3v) is 5.95. The number of H-pyrrole nitrogens is 1. The third kappa shape index (κ3) is 4.29. The van der Waals surface area contributed by atoms with E-state index < -0.39 is 0 Å². The summed E-state index contributed by atoms with van der Waals surface area (Å²) in [6, 6.07) is 11.9. The number of nitrogens with zero attached hydrogens (tertiary/aromatic N) is 5. The average molecular weight is 413 g/mol. The number of aryl methyl sites for hydroxylation is 1. The van der Waals surface area contributed by atoms with Crippen LogP contribution in [0.15, 0.2) is 46.3 Å². The topological polar surface area (TPSA) is 86.6 Å². The van der Waals surface area contributed by atoms with Crippen molar-refractivity contribution >= 4 is 29.1 Å². The summed E-state index contributed by atoms with van der Waals surface area (Å²) in [5.74, 6) is 0.824. The summed E-state index contributed by atoms with van der Waals surface area (Å²) in [6.45, 7) is 5.14. The quantitative estimate of drug-likeness (QED) is 0.622. The fourth-order valence-electron chi connectivity index (χ4n) is 3.58. The summed E-state index contributed by atoms with van der Waals surface area (Å²) in [5.41, 5.74) is 1.88. The maximum atomic E-state index is 12.7. The van der Waals surface area contributed by atoms with E-state index in [9.17, 15) is 9.59 Å². The Hall–Kier alpha value is -2.81. The van der Waals surface area contributed by atoms with Crippen molar-refractivity contribution in [1.29, 1.82) is 0 Å². The van der Waals surface area contributed by atoms with Crippen molar-refractivity contribution in [3.05, 3.63) is 52.4 Å². The van der Waals surface area contributed by atoms with E-state index in [0.717, 1.165) is 31.6 Å². The van der Waals surface area contributed by atoms with Crippen molar-refractivity contribution in [3.63, 3.8) is 0 Å². The molecular formula is C20H24N6O2S. The predicted molar refractivity (Wildman–Crippen MR) is 114 cm³/mol. The molecule has 152 valence electrons. The minimum absolute atomic E-state index is 0.0981. The number of hydrogen-bond acceptors (Lipinski definition) is 6. The van der Waals surface area contributed by atoms with E-state index in [0.29, 0.717) is 29.8 Å². The molecule has 0 atom stereocenters. The molecule has 3 aromatic rings. The molecule has 2 aromatic heterocycles. The first kappa shape index (κ1) is 19.5. The summed E-state index contributed by atoms with van der Waals surface area (Å²) in [7, 11) is 0. The summed E-state index contributed by atoms with van der Waals surface area (Å²) in [4.78, 5) is 31.4. The molecule has 8 nitrogen and oxygen atoms in total. The molecule has 1 N–H and O–H groups in total. The first-order chi connectivity index (χ1) is 14.2. The highest BCUT2D eigenvalue weighted by Crippen LogP contribution is 2.20. The maximum Gasteiger partial charge on any atom is 0.252 e. The first-order valence-electron chi connectivity index (χ1n) is 9.83. The van der Waals surface area contributed by atoms with Crippen molar-refractivity contribution in [1.82, 2.24) is 24.5 Å². The van der Waals surface area contributed by atoms with E-state index in [-0.39, 0.29) is 11.5 Å². The van der Waals surface area contributed by atoms with Crippen molar-refractivity contribution in [2.75, 3.05) is 36.8 Å². The lowest BCUT2D eigenvalue weighted by Gasteiger charge is -2.36. The number of anilines is 1. The van der Waals surface area contributed by atoms with Gasteiger partial charge in [0, 0.05) is 43.6 Å². The Balaban J connectivity index is 1.38. The van der Waals surface area contributed by atoms with Crippen molar-refractivity contribution in [3.8, 4) is 0 Å². The molecule has 9 heteroatoms. The van der Waals surface area contributed by atoms with Crippen molar-refractivity contribution in [2.24, 2.45) is 0 Å². The number of amides is 1. The van der Waals surface area contributed by atoms with Gasteiger partial charge in [0.25, 0.3) is 5.56 Å². The molecular weight excluding hydrogens is 388 g/mol. The second-order valence-corrected chi connectivity index (χ2v) is 7.95. The fraction of sp³-hybridized carbons (Fsp3) is 0.400. The molecule has 0 aliphatic carbocycles. The molecule has 3 heterocycles. The monoisotopic (exact) mass is 412 g/mol. The number of fused-ring (bicyclic) bond motifs is 1. The SMILES string of the molecule is CCCc1cc(=O)[nH]c2nnc(SCC(=O)N3CCN(c4ccccc4)CC3)n12. The normalized spacial score (nSPS) is 14.5. The lowest BCUT2D eigenvalue weighted by atomic mass is 10.2. The highest BCUT2D eigenvalue weighted by Gasteiger charge is 2.22. The molecule has 1 fully saturated rings. The second kappa shape index (κ2) is 8.69. The van der Waals surface area contributed by atoms with Crippen LogP contribution in [0, 0.1) is 0 Å². The third-order valence-electron chi connectivity index (χ3n) is 5.04. The molecule has 0 saturated carbocycles. The Labute approximate surface area is 172 Å². The number of carbonyl (C=O) groups is 1. The van der Waals surface area contributed by atoms with Crippen LogP contribution in [0.3, 0.4) is 0 Å². The lowest BCUT2D eigenvalue weighted by molar-refractivity contribution is -0.128. The number of aromatic amines is 1. The zero-order chi connectivity index (χ0) is 20.2. The van der Waals surface area contributed by atoms with E-state index in [4.69, 9.17) is 0 Å². The van der Waals surface area contributed by atoms with Crippen LogP contribution in [0.1, 0.15) is 19.0 Å². The van der Waals surface area contributed by atoms with E-state index in [1.807, 2.05) is 27.5 Å². The number of hydrogen-bond donors (Lipinski definition) is 1. The number of benzene rings is 1. The maximum absolute atomic E-state index is 12.7. The fourth-order valence-corrected chi connectivity index (χ4v) is 4.44. The van der Waals surface area contributed by atoms with Crippen LogP contribution in [0.25, 0.3) is 5.78 Å². The minimum Gasteiger partial charge on any atom is -0.368 e. The van der Waals surface area contributed by atoms with Gasteiger partial charge >= 0.3 is 0 Å². The average Bonchev–Trinajstić information content (AvgIpc) is 3.16. The van der Waals surface area contributed by atoms with Gasteiger partial charge in [-0.25, -0.2) is 0 Å². The lowest BCUT2D eigenvalue weighted by Crippen LogP contribution is -2.49. The van der Waals surface area contributed by atoms with Crippen LogP contribution < -0.4 is 10.5 Å². The van der Waals surface area contributed by atoms with Gasteiger partial charge in [-0.1, -0.05) is 43.3 Å². The number of nitrogens with one attached hydrogen (secondary N) is 1. The van der Waals surface area contributed by atoms with Gasteiger partial charge < -0.3 is 9.80 Å². The molecule has 29 heavy (non-hydrogen) atoms. The minimum atomic E-state index is -0.183. The van der Waals surface area contributed by atoms with Gasteiger partial charge in [0.05, 0.1) is 5.75 Å². The Bertz CT molecular complexity index is 1040. The molecule has 4 rings (SSSR count). The van der Waals surface area contributed by atoms with Gasteiger partial charge in [0.1, 0.15) is 0 Å². The summed E-state index contributed by atoms with van der Waals surface area (Å²) < 4.78 is 1.84. The van der Waals surface area contributed by atoms with Crippen LogP contribution in [0.2, 0.25) is 0 Å². The van der Waals surface area contributed by atoms with Crippen LogP contribution in [0.5, 0.6) is 0 Å². The summed E-state index contributed by atoms with van der Waals surface area (Å²) in [6.07, 6.45) is 1.66. The van der Waals surface area contributed by atoms with E-state index in [2.05, 4.69) is 39.1 Å². The van der Waals surface area contributed by atoms with E-state index >= 15 is 0 Å². The molecule has 0 bridgehead atoms. The Morgan fingerprint density at radius 3 is 2.62 bits per heavy atom. The van der Waals surface area contributed by atoms with Crippen LogP contribution in [-0.2, 0) is 11.2 Å². The highest BCUT2D eigenvalue weighted by molar-refractivity contribution is 7.99. The van der Waals surface area contributed by atoms with Crippen LogP contribution in [0.4, 0.5) is 5.69 Å². The van der Waals surface area contributed by atoms with E-state index in [1.165, 1.54) is 17.4 Å². The van der Waals surface area contributed by atoms with Crippen molar-refractivity contribution < 1.29 is 4.79 Å². The zero-order valence-corrected chi connectivity index (χ0v) is 17.2. The zero-order valence-electron chi connectivity index (χ0n) is 16.4. The molecule has 1 amide bonds. The Morgan fingerprint density at radius 2 is 1.90 bits per heavy atom. The van der Waals surface area contributed by atoms with Gasteiger partial charge in [-0.3, -0.25) is 19.0 Å². The number of rotatable bonds is 6. The number of carbonyl (C=O) groups excluding carboxylic acids is 1. The molecule has 0 unspecified atom stereocenters. The van der Waals surface area contributed by atoms with Gasteiger partial charge in [0.15, 0.2) is 5.16 Å². The number of aromatic nitrogens is 4. The van der Waals surface area contributed by atoms with Gasteiger partial charge in [0.2, 0.25) is 11.7 Å². The van der Waals surface area contributed by atoms with Crippen LogP contribution >= 0.6 is 11.8 Å². The molecule has 0 radical (unpaired) electrons. The highest BCUT2D eigenvalue weighted by atomic mass is 32.2. The smallest absolute Gasteiger partial charge is 0.252 e. The standard InChI is InChI=1S/C20H24N6O2S/c1-2-6-16-13-17(27)21-19-22-23-20(26(16)19)29-14-18(28)25-11-9-24(10-12-25)15-7-4-3-5-8-15/h3-5,7-8,13H,2,6,9-12,14H2,1H3,(H,21,22,27).